The minimum Gasteiger partial charge on any atom is -0.382 e. The lowest BCUT2D eigenvalue weighted by molar-refractivity contribution is -0.144. The number of ketones is 1. The molecule has 0 bridgehead atoms. The Morgan fingerprint density at radius 1 is 1.23 bits per heavy atom. The first-order valence-corrected chi connectivity index (χ1v) is 6.26. The highest BCUT2D eigenvalue weighted by Crippen LogP contribution is 2.26. The predicted molar refractivity (Wildman–Crippen MR) is 73.8 cm³/mol. The third-order valence-corrected chi connectivity index (χ3v) is 2.64. The Hall–Kier alpha value is -2.64. The van der Waals surface area contributed by atoms with Crippen LogP contribution in [0.15, 0.2) is 42.9 Å². The molecule has 0 radical (unpaired) electrons. The summed E-state index contributed by atoms with van der Waals surface area (Å²) in [6.45, 7) is 0. The van der Waals surface area contributed by atoms with Gasteiger partial charge < -0.3 is 4.90 Å². The van der Waals surface area contributed by atoms with Crippen molar-refractivity contribution in [1.82, 2.24) is 19.7 Å². The summed E-state index contributed by atoms with van der Waals surface area (Å²) < 4.78 is 38.6. The van der Waals surface area contributed by atoms with Gasteiger partial charge >= 0.3 is 6.18 Å². The van der Waals surface area contributed by atoms with Crippen LogP contribution in [-0.4, -0.2) is 39.5 Å². The second-order valence-corrected chi connectivity index (χ2v) is 4.68. The first-order chi connectivity index (χ1) is 10.3. The van der Waals surface area contributed by atoms with Crippen LogP contribution in [0.5, 0.6) is 0 Å². The molecule has 5 nitrogen and oxygen atoms in total. The Morgan fingerprint density at radius 3 is 2.36 bits per heavy atom. The van der Waals surface area contributed by atoms with E-state index in [4.69, 9.17) is 0 Å². The largest absolute Gasteiger partial charge is 0.453 e. The minimum atomic E-state index is -4.66. The van der Waals surface area contributed by atoms with Crippen LogP contribution in [0.3, 0.4) is 0 Å². The van der Waals surface area contributed by atoms with Crippen molar-refractivity contribution in [3.05, 3.63) is 54.2 Å². The van der Waals surface area contributed by atoms with Crippen LogP contribution in [0.1, 0.15) is 16.2 Å². The number of alkyl halides is 3. The average molecular weight is 310 g/mol. The monoisotopic (exact) mass is 310 g/mol. The summed E-state index contributed by atoms with van der Waals surface area (Å²) in [4.78, 5) is 17.2. The summed E-state index contributed by atoms with van der Waals surface area (Å²) in [6.07, 6.45) is -2.40. The maximum Gasteiger partial charge on any atom is 0.453 e. The molecule has 1 aromatic heterocycles. The van der Waals surface area contributed by atoms with E-state index < -0.39 is 17.8 Å². The fourth-order valence-electron chi connectivity index (χ4n) is 1.71. The molecule has 0 amide bonds. The van der Waals surface area contributed by atoms with E-state index in [1.54, 1.807) is 49.3 Å². The summed E-state index contributed by atoms with van der Waals surface area (Å²) in [6, 6.07) is 8.23. The van der Waals surface area contributed by atoms with E-state index in [-0.39, 0.29) is 5.70 Å². The molecule has 2 rings (SSSR count). The molecule has 0 spiro atoms. The number of hydrogen-bond donors (Lipinski definition) is 0. The standard InChI is InChI=1S/C14H13F3N4O/c1-20(2)8-11(12(22)10-6-4-3-5-7-10)21-9-18-13(19-21)14(15,16)17/h3-9H,1-2H3. The van der Waals surface area contributed by atoms with E-state index >= 15 is 0 Å². The highest BCUT2D eigenvalue weighted by molar-refractivity contribution is 6.24. The van der Waals surface area contributed by atoms with Gasteiger partial charge in [-0.15, -0.1) is 5.10 Å². The normalized spacial score (nSPS) is 12.3. The highest BCUT2D eigenvalue weighted by atomic mass is 19.4. The van der Waals surface area contributed by atoms with Crippen molar-refractivity contribution in [1.29, 1.82) is 0 Å². The minimum absolute atomic E-state index is 0.0285. The number of carbonyl (C=O) groups is 1. The third kappa shape index (κ3) is 3.51. The van der Waals surface area contributed by atoms with Crippen molar-refractivity contribution in [2.45, 2.75) is 6.18 Å². The molecular formula is C14H13F3N4O. The van der Waals surface area contributed by atoms with Crippen LogP contribution in [-0.2, 0) is 6.18 Å². The van der Waals surface area contributed by atoms with E-state index in [1.165, 1.54) is 6.20 Å². The Labute approximate surface area is 124 Å². The van der Waals surface area contributed by atoms with Crippen LogP contribution in [0.2, 0.25) is 0 Å². The molecule has 0 fully saturated rings. The Morgan fingerprint density at radius 2 is 1.86 bits per heavy atom. The van der Waals surface area contributed by atoms with E-state index in [0.29, 0.717) is 5.56 Å². The Kier molecular flexibility index (Phi) is 4.30. The van der Waals surface area contributed by atoms with Crippen molar-refractivity contribution in [2.75, 3.05) is 14.1 Å². The van der Waals surface area contributed by atoms with E-state index in [2.05, 4.69) is 10.1 Å². The quantitative estimate of drug-likeness (QED) is 0.643. The molecule has 8 heteroatoms. The molecule has 0 aliphatic carbocycles. The van der Waals surface area contributed by atoms with Gasteiger partial charge in [0.25, 0.3) is 5.82 Å². The number of benzene rings is 1. The van der Waals surface area contributed by atoms with Crippen molar-refractivity contribution < 1.29 is 18.0 Å². The lowest BCUT2D eigenvalue weighted by atomic mass is 10.1. The van der Waals surface area contributed by atoms with Crippen LogP contribution < -0.4 is 0 Å². The molecule has 0 aliphatic rings. The van der Waals surface area contributed by atoms with Crippen LogP contribution >= 0.6 is 0 Å². The topological polar surface area (TPSA) is 51.0 Å². The van der Waals surface area contributed by atoms with Gasteiger partial charge in [0, 0.05) is 25.9 Å². The number of Topliss-reactive ketones (excluding diaryl/α,β-unsaturated/α-hetero) is 1. The zero-order chi connectivity index (χ0) is 16.3. The van der Waals surface area contributed by atoms with Crippen LogP contribution in [0, 0.1) is 0 Å². The number of rotatable bonds is 4. The molecular weight excluding hydrogens is 297 g/mol. The molecule has 2 aromatic rings. The summed E-state index contributed by atoms with van der Waals surface area (Å²) in [5.41, 5.74) is 0.318. The van der Waals surface area contributed by atoms with E-state index in [1.807, 2.05) is 0 Å². The highest BCUT2D eigenvalue weighted by Gasteiger charge is 2.36. The van der Waals surface area contributed by atoms with E-state index in [9.17, 15) is 18.0 Å². The van der Waals surface area contributed by atoms with Gasteiger partial charge in [-0.3, -0.25) is 4.79 Å². The molecule has 116 valence electrons. The first kappa shape index (κ1) is 15.7. The van der Waals surface area contributed by atoms with Gasteiger partial charge in [0.15, 0.2) is 0 Å². The van der Waals surface area contributed by atoms with Gasteiger partial charge in [-0.05, 0) is 0 Å². The van der Waals surface area contributed by atoms with Gasteiger partial charge in [0.05, 0.1) is 0 Å². The number of allylic oxidation sites excluding steroid dienone is 1. The maximum absolute atomic E-state index is 12.6. The van der Waals surface area contributed by atoms with Gasteiger partial charge in [-0.1, -0.05) is 30.3 Å². The van der Waals surface area contributed by atoms with Crippen molar-refractivity contribution >= 4 is 11.5 Å². The molecule has 0 saturated carbocycles. The zero-order valence-electron chi connectivity index (χ0n) is 11.9. The zero-order valence-corrected chi connectivity index (χ0v) is 11.9. The third-order valence-electron chi connectivity index (χ3n) is 2.64. The Balaban J connectivity index is 2.44. The maximum atomic E-state index is 12.6. The van der Waals surface area contributed by atoms with Gasteiger partial charge in [-0.2, -0.15) is 13.2 Å². The second kappa shape index (κ2) is 6.00. The molecule has 1 heterocycles. The lowest BCUT2D eigenvalue weighted by Crippen LogP contribution is -2.16. The summed E-state index contributed by atoms with van der Waals surface area (Å²) in [5, 5.41) is 3.35. The fourth-order valence-corrected chi connectivity index (χ4v) is 1.71. The molecule has 0 aliphatic heterocycles. The van der Waals surface area contributed by atoms with Crippen molar-refractivity contribution in [2.24, 2.45) is 0 Å². The van der Waals surface area contributed by atoms with Crippen LogP contribution in [0.25, 0.3) is 5.70 Å². The van der Waals surface area contributed by atoms with Crippen molar-refractivity contribution in [3.63, 3.8) is 0 Å². The number of carbonyl (C=O) groups excluding carboxylic acids is 1. The molecule has 0 unspecified atom stereocenters. The second-order valence-electron chi connectivity index (χ2n) is 4.68. The van der Waals surface area contributed by atoms with Gasteiger partial charge in [-0.25, -0.2) is 9.67 Å². The Bertz CT molecular complexity index is 690. The lowest BCUT2D eigenvalue weighted by Gasteiger charge is -2.11. The summed E-state index contributed by atoms with van der Waals surface area (Å²) in [7, 11) is 3.31. The number of aromatic nitrogens is 3. The first-order valence-electron chi connectivity index (χ1n) is 6.26. The SMILES string of the molecule is CN(C)C=C(C(=O)c1ccccc1)n1cnc(C(F)(F)F)n1. The van der Waals surface area contributed by atoms with E-state index in [0.717, 1.165) is 11.0 Å². The van der Waals surface area contributed by atoms with Crippen molar-refractivity contribution in [3.8, 4) is 0 Å². The smallest absolute Gasteiger partial charge is 0.382 e. The molecule has 0 atom stereocenters. The summed E-state index contributed by atoms with van der Waals surface area (Å²) >= 11 is 0. The van der Waals surface area contributed by atoms with Gasteiger partial charge in [0.2, 0.25) is 5.78 Å². The number of nitrogens with zero attached hydrogens (tertiary/aromatic N) is 4. The predicted octanol–water partition coefficient (Wildman–Crippen LogP) is 2.54. The molecule has 0 N–H and O–H groups in total. The van der Waals surface area contributed by atoms with Gasteiger partial charge in [0.1, 0.15) is 12.0 Å². The summed E-state index contributed by atoms with van der Waals surface area (Å²) in [5.74, 6) is -1.74. The molecule has 0 saturated heterocycles. The molecule has 22 heavy (non-hydrogen) atoms. The van der Waals surface area contributed by atoms with Crippen LogP contribution in [0.4, 0.5) is 13.2 Å². The number of hydrogen-bond acceptors (Lipinski definition) is 4. The molecule has 1 aromatic carbocycles. The average Bonchev–Trinajstić information content (AvgIpc) is 2.94. The number of halogens is 3. The fraction of sp³-hybridized carbons (Fsp3) is 0.214.